The van der Waals surface area contributed by atoms with Crippen molar-refractivity contribution in [1.82, 2.24) is 0 Å². The van der Waals surface area contributed by atoms with Crippen LogP contribution in [0.25, 0.3) is 0 Å². The van der Waals surface area contributed by atoms with Gasteiger partial charge in [0, 0.05) is 11.4 Å². The van der Waals surface area contributed by atoms with E-state index < -0.39 is 17.5 Å². The summed E-state index contributed by atoms with van der Waals surface area (Å²) in [7, 11) is 1.57. The number of benzene rings is 3. The van der Waals surface area contributed by atoms with Crippen molar-refractivity contribution in [1.29, 1.82) is 0 Å². The number of nitrogens with one attached hydrogen (secondary N) is 2. The lowest BCUT2D eigenvalue weighted by molar-refractivity contribution is -0.115. The van der Waals surface area contributed by atoms with E-state index in [4.69, 9.17) is 4.74 Å². The highest BCUT2D eigenvalue weighted by Crippen LogP contribution is 2.24. The minimum Gasteiger partial charge on any atom is -0.497 e. The number of hydrogen-bond acceptors (Lipinski definition) is 3. The van der Waals surface area contributed by atoms with Gasteiger partial charge in [-0.15, -0.1) is 0 Å². The second-order valence-electron chi connectivity index (χ2n) is 6.00. The number of hydrogen-bond donors (Lipinski definition) is 2. The molecule has 0 fully saturated rings. The van der Waals surface area contributed by atoms with Crippen LogP contribution in [0.1, 0.15) is 5.56 Å². The molecule has 4 nitrogen and oxygen atoms in total. The Balaban J connectivity index is 1.61. The summed E-state index contributed by atoms with van der Waals surface area (Å²) in [4.78, 5) is 12.1. The molecule has 0 aliphatic heterocycles. The minimum atomic E-state index is -1.53. The van der Waals surface area contributed by atoms with Crippen LogP contribution < -0.4 is 15.4 Å². The van der Waals surface area contributed by atoms with Crippen LogP contribution in [-0.4, -0.2) is 13.0 Å². The minimum absolute atomic E-state index is 0.185. The number of carbonyl (C=O) groups is 1. The normalized spacial score (nSPS) is 10.4. The van der Waals surface area contributed by atoms with E-state index >= 15 is 0 Å². The van der Waals surface area contributed by atoms with Gasteiger partial charge in [0.1, 0.15) is 5.75 Å². The second kappa shape index (κ2) is 8.47. The van der Waals surface area contributed by atoms with Gasteiger partial charge in [0.15, 0.2) is 17.5 Å². The average molecular weight is 386 g/mol. The third-order valence-corrected chi connectivity index (χ3v) is 4.01. The molecule has 0 aliphatic rings. The molecule has 0 saturated carbocycles. The summed E-state index contributed by atoms with van der Waals surface area (Å²) >= 11 is 0. The maximum Gasteiger partial charge on any atom is 0.228 e. The molecule has 0 bridgehead atoms. The molecule has 0 aliphatic carbocycles. The molecule has 0 spiro atoms. The van der Waals surface area contributed by atoms with Crippen LogP contribution in [0.5, 0.6) is 5.75 Å². The number of anilines is 3. The van der Waals surface area contributed by atoms with Gasteiger partial charge >= 0.3 is 0 Å². The Hall–Kier alpha value is -3.48. The van der Waals surface area contributed by atoms with Gasteiger partial charge in [-0.2, -0.15) is 0 Å². The molecular weight excluding hydrogens is 369 g/mol. The number of methoxy groups -OCH3 is 1. The van der Waals surface area contributed by atoms with Crippen LogP contribution in [0.4, 0.5) is 30.2 Å². The van der Waals surface area contributed by atoms with Crippen LogP contribution in [0.2, 0.25) is 0 Å². The molecule has 7 heteroatoms. The van der Waals surface area contributed by atoms with Crippen molar-refractivity contribution in [3.05, 3.63) is 83.7 Å². The lowest BCUT2D eigenvalue weighted by Crippen LogP contribution is -2.14. The van der Waals surface area contributed by atoms with Crippen molar-refractivity contribution in [3.8, 4) is 5.75 Å². The van der Waals surface area contributed by atoms with Crippen molar-refractivity contribution in [2.45, 2.75) is 6.42 Å². The van der Waals surface area contributed by atoms with Crippen molar-refractivity contribution in [3.63, 3.8) is 0 Å². The van der Waals surface area contributed by atoms with Gasteiger partial charge in [-0.3, -0.25) is 4.79 Å². The van der Waals surface area contributed by atoms with Crippen molar-refractivity contribution >= 4 is 23.0 Å². The molecule has 144 valence electrons. The Morgan fingerprint density at radius 2 is 1.50 bits per heavy atom. The zero-order valence-corrected chi connectivity index (χ0v) is 14.9. The summed E-state index contributed by atoms with van der Waals surface area (Å²) in [5.74, 6) is -3.57. The van der Waals surface area contributed by atoms with Crippen LogP contribution in [0.3, 0.4) is 0 Å². The number of ether oxygens (including phenoxy) is 1. The van der Waals surface area contributed by atoms with Crippen LogP contribution in [0.15, 0.2) is 60.7 Å². The predicted molar refractivity (Wildman–Crippen MR) is 101 cm³/mol. The Kier molecular flexibility index (Phi) is 5.84. The zero-order valence-electron chi connectivity index (χ0n) is 14.9. The van der Waals surface area contributed by atoms with Crippen LogP contribution in [-0.2, 0) is 11.2 Å². The Bertz CT molecular complexity index is 974. The SMILES string of the molecule is COc1ccc(CC(=O)Nc2ccc(Nc3ccc(F)c(F)c3F)cc2)cc1. The summed E-state index contributed by atoms with van der Waals surface area (Å²) in [6, 6.07) is 15.5. The molecule has 2 N–H and O–H groups in total. The fourth-order valence-corrected chi connectivity index (χ4v) is 2.55. The molecule has 0 aromatic heterocycles. The molecular formula is C21H17F3N2O2. The first-order valence-electron chi connectivity index (χ1n) is 8.39. The molecule has 1 amide bonds. The van der Waals surface area contributed by atoms with E-state index in [1.54, 1.807) is 43.5 Å². The van der Waals surface area contributed by atoms with Crippen LogP contribution in [0, 0.1) is 17.5 Å². The molecule has 3 aromatic carbocycles. The van der Waals surface area contributed by atoms with Crippen molar-refractivity contribution in [2.75, 3.05) is 17.7 Å². The highest BCUT2D eigenvalue weighted by atomic mass is 19.2. The predicted octanol–water partition coefficient (Wildman–Crippen LogP) is 5.04. The Labute approximate surface area is 160 Å². The van der Waals surface area contributed by atoms with E-state index in [1.165, 1.54) is 0 Å². The number of amides is 1. The van der Waals surface area contributed by atoms with Crippen molar-refractivity contribution < 1.29 is 22.7 Å². The highest BCUT2D eigenvalue weighted by Gasteiger charge is 2.13. The first kappa shape index (κ1) is 19.3. The average Bonchev–Trinajstić information content (AvgIpc) is 2.70. The van der Waals surface area contributed by atoms with E-state index in [0.717, 1.165) is 17.7 Å². The molecule has 0 atom stereocenters. The summed E-state index contributed by atoms with van der Waals surface area (Å²) in [6.45, 7) is 0. The summed E-state index contributed by atoms with van der Waals surface area (Å²) < 4.78 is 45.0. The highest BCUT2D eigenvalue weighted by molar-refractivity contribution is 5.92. The fraction of sp³-hybridized carbons (Fsp3) is 0.0952. The number of rotatable bonds is 6. The third-order valence-electron chi connectivity index (χ3n) is 4.01. The molecule has 3 aromatic rings. The van der Waals surface area contributed by atoms with Gasteiger partial charge < -0.3 is 15.4 Å². The quantitative estimate of drug-likeness (QED) is 0.584. The number of carbonyl (C=O) groups excluding carboxylic acids is 1. The molecule has 0 radical (unpaired) electrons. The van der Waals surface area contributed by atoms with E-state index in [-0.39, 0.29) is 18.0 Å². The van der Waals surface area contributed by atoms with Gasteiger partial charge in [-0.05, 0) is 54.1 Å². The van der Waals surface area contributed by atoms with Gasteiger partial charge in [0.25, 0.3) is 0 Å². The molecule has 0 heterocycles. The third kappa shape index (κ3) is 4.62. The van der Waals surface area contributed by atoms with Gasteiger partial charge in [-0.1, -0.05) is 12.1 Å². The van der Waals surface area contributed by atoms with Crippen molar-refractivity contribution in [2.24, 2.45) is 0 Å². The van der Waals surface area contributed by atoms with Gasteiger partial charge in [0.2, 0.25) is 5.91 Å². The monoisotopic (exact) mass is 386 g/mol. The lowest BCUT2D eigenvalue weighted by Gasteiger charge is -2.10. The second-order valence-corrected chi connectivity index (χ2v) is 6.00. The smallest absolute Gasteiger partial charge is 0.228 e. The topological polar surface area (TPSA) is 50.4 Å². The van der Waals surface area contributed by atoms with E-state index in [0.29, 0.717) is 17.1 Å². The molecule has 3 rings (SSSR count). The van der Waals surface area contributed by atoms with Gasteiger partial charge in [0.05, 0.1) is 19.2 Å². The fourth-order valence-electron chi connectivity index (χ4n) is 2.55. The lowest BCUT2D eigenvalue weighted by atomic mass is 10.1. The first-order chi connectivity index (χ1) is 13.5. The maximum absolute atomic E-state index is 13.7. The first-order valence-corrected chi connectivity index (χ1v) is 8.39. The Morgan fingerprint density at radius 3 is 2.14 bits per heavy atom. The molecule has 0 saturated heterocycles. The van der Waals surface area contributed by atoms with E-state index in [1.807, 2.05) is 12.1 Å². The standard InChI is InChI=1S/C21H17F3N2O2/c1-28-16-8-2-13(3-9-16)12-19(27)26-15-6-4-14(5-7-15)25-18-11-10-17(22)20(23)21(18)24/h2-11,25H,12H2,1H3,(H,26,27). The maximum atomic E-state index is 13.7. The van der Waals surface area contributed by atoms with E-state index in [9.17, 15) is 18.0 Å². The molecule has 0 unspecified atom stereocenters. The zero-order chi connectivity index (χ0) is 20.1. The Morgan fingerprint density at radius 1 is 0.857 bits per heavy atom. The largest absolute Gasteiger partial charge is 0.497 e. The van der Waals surface area contributed by atoms with E-state index in [2.05, 4.69) is 10.6 Å². The number of halogens is 3. The summed E-state index contributed by atoms with van der Waals surface area (Å²) in [5, 5.41) is 5.42. The van der Waals surface area contributed by atoms with Crippen LogP contribution >= 0.6 is 0 Å². The van der Waals surface area contributed by atoms with Gasteiger partial charge in [-0.25, -0.2) is 13.2 Å². The summed E-state index contributed by atoms with van der Waals surface area (Å²) in [6.07, 6.45) is 0.198. The molecule has 28 heavy (non-hydrogen) atoms. The summed E-state index contributed by atoms with van der Waals surface area (Å²) in [5.41, 5.74) is 1.66.